The molecule has 0 amide bonds. The van der Waals surface area contributed by atoms with Crippen molar-refractivity contribution < 1.29 is 14.2 Å². The lowest BCUT2D eigenvalue weighted by molar-refractivity contribution is 0.170. The Hall–Kier alpha value is -3.17. The highest BCUT2D eigenvalue weighted by atomic mass is 16.7. The van der Waals surface area contributed by atoms with Gasteiger partial charge in [-0.15, -0.1) is 0 Å². The zero-order valence-electron chi connectivity index (χ0n) is 15.9. The third kappa shape index (κ3) is 2.36. The Bertz CT molecular complexity index is 1110. The summed E-state index contributed by atoms with van der Waals surface area (Å²) in [5.74, 6) is 2.16. The molecule has 0 aliphatic carbocycles. The third-order valence-electron chi connectivity index (χ3n) is 5.71. The van der Waals surface area contributed by atoms with Crippen LogP contribution in [0, 0.1) is 11.3 Å². The Kier molecular flexibility index (Phi) is 3.92. The molecule has 1 atom stereocenters. The molecule has 0 saturated heterocycles. The molecule has 142 valence electrons. The lowest BCUT2D eigenvalue weighted by atomic mass is 9.94. The summed E-state index contributed by atoms with van der Waals surface area (Å²) in [6.07, 6.45) is 3.36. The maximum absolute atomic E-state index is 9.28. The number of likely N-dealkylation sites (N-methyl/N-ethyl adjacent to an activating group) is 1. The van der Waals surface area contributed by atoms with Crippen LogP contribution in [0.5, 0.6) is 17.2 Å². The molecule has 0 N–H and O–H groups in total. The lowest BCUT2D eigenvalue weighted by Gasteiger charge is -2.37. The Labute approximate surface area is 163 Å². The van der Waals surface area contributed by atoms with E-state index in [0.717, 1.165) is 46.5 Å². The molecular weight excluding hydrogens is 354 g/mol. The van der Waals surface area contributed by atoms with Gasteiger partial charge in [0.1, 0.15) is 6.17 Å². The van der Waals surface area contributed by atoms with Crippen molar-refractivity contribution in [2.45, 2.75) is 19.0 Å². The van der Waals surface area contributed by atoms with Crippen molar-refractivity contribution in [2.75, 3.05) is 27.5 Å². The molecule has 6 heteroatoms. The van der Waals surface area contributed by atoms with E-state index in [4.69, 9.17) is 14.2 Å². The number of nitrogens with zero attached hydrogens (tertiary/aromatic N) is 3. The molecule has 0 bridgehead atoms. The van der Waals surface area contributed by atoms with Crippen LogP contribution in [0.3, 0.4) is 0 Å². The van der Waals surface area contributed by atoms with Crippen LogP contribution in [-0.4, -0.2) is 37.0 Å². The second-order valence-electron chi connectivity index (χ2n) is 7.23. The maximum Gasteiger partial charge on any atom is 0.231 e. The second kappa shape index (κ2) is 6.47. The first-order valence-corrected chi connectivity index (χ1v) is 9.38. The van der Waals surface area contributed by atoms with Gasteiger partial charge >= 0.3 is 0 Å². The van der Waals surface area contributed by atoms with Crippen LogP contribution < -0.4 is 14.2 Å². The number of benzene rings is 2. The highest BCUT2D eigenvalue weighted by Gasteiger charge is 2.35. The van der Waals surface area contributed by atoms with Gasteiger partial charge in [0, 0.05) is 29.2 Å². The number of nitriles is 1. The standard InChI is InChI=1S/C22H21N3O3/c1-24-10-8-14-11-18-20(28-13-27-18)21(26-2)19(14)22(24)25-12-15(7-9-23)16-5-3-4-6-17(16)25/h3-6,11-12,22H,7-8,10,13H2,1-2H3/t22-/m0/s1. The van der Waals surface area contributed by atoms with Crippen molar-refractivity contribution in [1.82, 2.24) is 9.47 Å². The highest BCUT2D eigenvalue weighted by molar-refractivity contribution is 5.84. The summed E-state index contributed by atoms with van der Waals surface area (Å²) < 4.78 is 19.4. The van der Waals surface area contributed by atoms with Gasteiger partial charge in [0.25, 0.3) is 0 Å². The van der Waals surface area contributed by atoms with E-state index in [1.54, 1.807) is 7.11 Å². The van der Waals surface area contributed by atoms with Gasteiger partial charge in [-0.25, -0.2) is 0 Å². The molecule has 3 heterocycles. The summed E-state index contributed by atoms with van der Waals surface area (Å²) >= 11 is 0. The van der Waals surface area contributed by atoms with Crippen molar-refractivity contribution in [3.8, 4) is 23.3 Å². The van der Waals surface area contributed by atoms with Crippen LogP contribution >= 0.6 is 0 Å². The van der Waals surface area contributed by atoms with Gasteiger partial charge in [0.05, 0.1) is 19.6 Å². The van der Waals surface area contributed by atoms with Crippen LogP contribution in [0.2, 0.25) is 0 Å². The van der Waals surface area contributed by atoms with Gasteiger partial charge in [-0.05, 0) is 36.7 Å². The van der Waals surface area contributed by atoms with Crippen LogP contribution in [-0.2, 0) is 12.8 Å². The van der Waals surface area contributed by atoms with Crippen molar-refractivity contribution in [1.29, 1.82) is 5.26 Å². The molecular formula is C22H21N3O3. The van der Waals surface area contributed by atoms with Gasteiger partial charge in [-0.1, -0.05) is 18.2 Å². The monoisotopic (exact) mass is 375 g/mol. The molecule has 2 aliphatic rings. The first kappa shape index (κ1) is 17.0. The molecule has 28 heavy (non-hydrogen) atoms. The number of fused-ring (bicyclic) bond motifs is 3. The van der Waals surface area contributed by atoms with Crippen LogP contribution in [0.1, 0.15) is 22.9 Å². The topological polar surface area (TPSA) is 59.7 Å². The van der Waals surface area contributed by atoms with Gasteiger partial charge in [0.15, 0.2) is 11.5 Å². The smallest absolute Gasteiger partial charge is 0.231 e. The van der Waals surface area contributed by atoms with Crippen LogP contribution in [0.15, 0.2) is 36.5 Å². The van der Waals surface area contributed by atoms with Gasteiger partial charge < -0.3 is 18.8 Å². The lowest BCUT2D eigenvalue weighted by Crippen LogP contribution is -2.36. The quantitative estimate of drug-likeness (QED) is 0.701. The van der Waals surface area contributed by atoms with E-state index in [1.807, 2.05) is 12.1 Å². The molecule has 0 saturated carbocycles. The number of hydrogen-bond donors (Lipinski definition) is 0. The van der Waals surface area contributed by atoms with E-state index in [2.05, 4.69) is 47.0 Å². The van der Waals surface area contributed by atoms with E-state index in [1.165, 1.54) is 5.56 Å². The first-order chi connectivity index (χ1) is 13.7. The van der Waals surface area contributed by atoms with Crippen LogP contribution in [0.25, 0.3) is 10.9 Å². The molecule has 2 aromatic carbocycles. The van der Waals surface area contributed by atoms with Crippen molar-refractivity contribution in [3.63, 3.8) is 0 Å². The predicted molar refractivity (Wildman–Crippen MR) is 105 cm³/mol. The fourth-order valence-corrected chi connectivity index (χ4v) is 4.47. The number of para-hydroxylation sites is 1. The summed E-state index contributed by atoms with van der Waals surface area (Å²) in [4.78, 5) is 2.32. The fraction of sp³-hybridized carbons (Fsp3) is 0.318. The number of hydrogen-bond acceptors (Lipinski definition) is 5. The van der Waals surface area contributed by atoms with Crippen LogP contribution in [0.4, 0.5) is 0 Å². The minimum Gasteiger partial charge on any atom is -0.492 e. The Morgan fingerprint density at radius 2 is 2.14 bits per heavy atom. The zero-order valence-corrected chi connectivity index (χ0v) is 15.9. The number of aromatic nitrogens is 1. The average molecular weight is 375 g/mol. The fourth-order valence-electron chi connectivity index (χ4n) is 4.47. The summed E-state index contributed by atoms with van der Waals surface area (Å²) in [6, 6.07) is 12.6. The number of ether oxygens (including phenoxy) is 3. The van der Waals surface area contributed by atoms with Gasteiger partial charge in [-0.2, -0.15) is 5.26 Å². The minimum atomic E-state index is -0.0504. The Morgan fingerprint density at radius 1 is 1.29 bits per heavy atom. The molecule has 0 radical (unpaired) electrons. The maximum atomic E-state index is 9.28. The molecule has 6 nitrogen and oxygen atoms in total. The molecule has 0 unspecified atom stereocenters. The Morgan fingerprint density at radius 3 is 2.96 bits per heavy atom. The van der Waals surface area contributed by atoms with E-state index >= 15 is 0 Å². The van der Waals surface area contributed by atoms with E-state index < -0.39 is 0 Å². The van der Waals surface area contributed by atoms with Crippen molar-refractivity contribution >= 4 is 10.9 Å². The van der Waals surface area contributed by atoms with Crippen molar-refractivity contribution in [2.24, 2.45) is 0 Å². The van der Waals surface area contributed by atoms with Gasteiger partial charge in [-0.3, -0.25) is 4.90 Å². The summed E-state index contributed by atoms with van der Waals surface area (Å²) in [6.45, 7) is 1.13. The van der Waals surface area contributed by atoms with E-state index in [9.17, 15) is 5.26 Å². The molecule has 0 fully saturated rings. The van der Waals surface area contributed by atoms with E-state index in [0.29, 0.717) is 12.2 Å². The molecule has 1 aromatic heterocycles. The first-order valence-electron chi connectivity index (χ1n) is 9.38. The highest BCUT2D eigenvalue weighted by Crippen LogP contribution is 2.50. The summed E-state index contributed by atoms with van der Waals surface area (Å²) in [5, 5.41) is 10.4. The number of rotatable bonds is 3. The molecule has 0 spiro atoms. The van der Waals surface area contributed by atoms with Crippen molar-refractivity contribution in [3.05, 3.63) is 53.2 Å². The Balaban J connectivity index is 1.77. The largest absolute Gasteiger partial charge is 0.492 e. The summed E-state index contributed by atoms with van der Waals surface area (Å²) in [5.41, 5.74) is 4.46. The third-order valence-corrected chi connectivity index (χ3v) is 5.71. The zero-order chi connectivity index (χ0) is 19.3. The summed E-state index contributed by atoms with van der Waals surface area (Å²) in [7, 11) is 3.80. The predicted octanol–water partition coefficient (Wildman–Crippen LogP) is 3.48. The average Bonchev–Trinajstić information content (AvgIpc) is 3.32. The molecule has 5 rings (SSSR count). The molecule has 2 aliphatic heterocycles. The second-order valence-corrected chi connectivity index (χ2v) is 7.23. The number of methoxy groups -OCH3 is 1. The van der Waals surface area contributed by atoms with Gasteiger partial charge in [0.2, 0.25) is 12.5 Å². The minimum absolute atomic E-state index is 0.0504. The molecule has 3 aromatic rings. The van der Waals surface area contributed by atoms with E-state index in [-0.39, 0.29) is 13.0 Å². The normalized spacial score (nSPS) is 18.1. The SMILES string of the molecule is COc1c2c(cc3c1[C@H](n1cc(CC#N)c4ccccc41)N(C)CC3)OCO2.